The Morgan fingerprint density at radius 1 is 1.29 bits per heavy atom. The van der Waals surface area contributed by atoms with Gasteiger partial charge in [-0.3, -0.25) is 9.69 Å². The second-order valence-corrected chi connectivity index (χ2v) is 13.4. The molecule has 1 saturated heterocycles. The second kappa shape index (κ2) is 10.4. The van der Waals surface area contributed by atoms with Crippen molar-refractivity contribution in [2.24, 2.45) is 5.73 Å². The van der Waals surface area contributed by atoms with Crippen LogP contribution in [0.5, 0.6) is 0 Å². The fourth-order valence-electron chi connectivity index (χ4n) is 3.56. The average molecular weight is 548 g/mol. The lowest BCUT2D eigenvalue weighted by atomic mass is 10.0. The number of carbonyl (C=O) groups is 2. The van der Waals surface area contributed by atoms with Crippen LogP contribution in [-0.4, -0.2) is 83.5 Å². The van der Waals surface area contributed by atoms with Crippen LogP contribution in [0.15, 0.2) is 16.4 Å². The molecular formula is C20H32N6O6PS2+. The van der Waals surface area contributed by atoms with Crippen LogP contribution >= 0.6 is 31.6 Å². The number of esters is 1. The van der Waals surface area contributed by atoms with E-state index in [4.69, 9.17) is 19.7 Å². The monoisotopic (exact) mass is 547 g/mol. The zero-order chi connectivity index (χ0) is 26.2. The van der Waals surface area contributed by atoms with Crippen LogP contribution in [0.3, 0.4) is 0 Å². The van der Waals surface area contributed by atoms with Gasteiger partial charge in [-0.25, -0.2) is 4.79 Å². The van der Waals surface area contributed by atoms with Crippen LogP contribution in [0.2, 0.25) is 0 Å². The van der Waals surface area contributed by atoms with Gasteiger partial charge in [0.05, 0.1) is 0 Å². The number of hydrogen-bond acceptors (Lipinski definition) is 12. The summed E-state index contributed by atoms with van der Waals surface area (Å²) in [5.74, 6) is -0.811. The third kappa shape index (κ3) is 6.41. The molecule has 0 saturated carbocycles. The summed E-state index contributed by atoms with van der Waals surface area (Å²) in [7, 11) is -2.27. The molecule has 1 aromatic heterocycles. The summed E-state index contributed by atoms with van der Waals surface area (Å²) < 4.78 is 30.9. The highest BCUT2D eigenvalue weighted by atomic mass is 32.2. The molecule has 0 bridgehead atoms. The maximum Gasteiger partial charge on any atom is 0.513 e. The van der Waals surface area contributed by atoms with E-state index in [1.807, 2.05) is 0 Å². The van der Waals surface area contributed by atoms with Gasteiger partial charge in [-0.1, -0.05) is 0 Å². The predicted molar refractivity (Wildman–Crippen MR) is 132 cm³/mol. The summed E-state index contributed by atoms with van der Waals surface area (Å²) in [4.78, 5) is 26.2. The van der Waals surface area contributed by atoms with Crippen LogP contribution in [0.1, 0.15) is 48.5 Å². The first kappa shape index (κ1) is 28.0. The van der Waals surface area contributed by atoms with Crippen molar-refractivity contribution in [1.82, 2.24) is 25.5 Å². The quantitative estimate of drug-likeness (QED) is 0.153. The maximum atomic E-state index is 13.5. The third-order valence-corrected chi connectivity index (χ3v) is 8.90. The summed E-state index contributed by atoms with van der Waals surface area (Å²) in [6.07, 6.45) is -0.131. The first-order valence-electron chi connectivity index (χ1n) is 11.0. The number of aromatic nitrogens is 4. The van der Waals surface area contributed by atoms with Crippen LogP contribution in [0.4, 0.5) is 0 Å². The molecule has 3 rings (SSSR count). The van der Waals surface area contributed by atoms with Gasteiger partial charge in [0, 0.05) is 17.9 Å². The molecule has 3 heterocycles. The second-order valence-electron chi connectivity index (χ2n) is 9.94. The van der Waals surface area contributed by atoms with Gasteiger partial charge in [0.25, 0.3) is 0 Å². The Morgan fingerprint density at radius 2 is 1.97 bits per heavy atom. The number of nitrogens with two attached hydrogens (primary N) is 1. The van der Waals surface area contributed by atoms with Gasteiger partial charge in [0.1, 0.15) is 28.3 Å². The molecule has 0 aliphatic carbocycles. The minimum Gasteiger partial charge on any atom is -0.455 e. The van der Waals surface area contributed by atoms with Crippen LogP contribution < -0.4 is 5.73 Å². The molecule has 1 fully saturated rings. The van der Waals surface area contributed by atoms with Gasteiger partial charge < -0.3 is 15.2 Å². The van der Waals surface area contributed by atoms with Crippen LogP contribution in [0, 0.1) is 0 Å². The van der Waals surface area contributed by atoms with E-state index in [-0.39, 0.29) is 29.4 Å². The van der Waals surface area contributed by atoms with Crippen LogP contribution in [0.25, 0.3) is 0 Å². The number of hydrogen-bond donors (Lipinski definition) is 2. The number of carbonyl (C=O) groups excluding carboxylic acids is 2. The van der Waals surface area contributed by atoms with Crippen molar-refractivity contribution in [1.29, 1.82) is 0 Å². The lowest BCUT2D eigenvalue weighted by Crippen LogP contribution is -2.69. The largest absolute Gasteiger partial charge is 0.513 e. The zero-order valence-corrected chi connectivity index (χ0v) is 23.4. The standard InChI is InChI=1S/C20H32N6O6PS2/c1-8-30-20(35-17-22-24-25-23-17,10-33(29)32-19(5,6)7)11-9-34-15-12(21)14(27)26(15)13(11)16(28)31-18(2,3)4/h12,15H,8-10,21H2,1-7H3,(H,22,23,24,25)/q+1/t12-,15-,20?/m1/s1. The summed E-state index contributed by atoms with van der Waals surface area (Å²) in [6.45, 7) is 12.6. The SMILES string of the molecule is CCOC(C[P+](=O)OC(C)(C)C)(Sc1nn[nH]n1)C1=C(C(=O)OC(C)(C)C)N2C(=O)[C@@H](N)[C@H]2SC1. The third-order valence-electron chi connectivity index (χ3n) is 4.73. The first-order chi connectivity index (χ1) is 16.2. The van der Waals surface area contributed by atoms with E-state index >= 15 is 0 Å². The van der Waals surface area contributed by atoms with E-state index in [9.17, 15) is 14.2 Å². The highest BCUT2D eigenvalue weighted by molar-refractivity contribution is 8.01. The Labute approximate surface area is 213 Å². The van der Waals surface area contributed by atoms with E-state index < -0.39 is 47.5 Å². The smallest absolute Gasteiger partial charge is 0.455 e. The Bertz CT molecular complexity index is 1010. The molecule has 1 amide bonds. The molecule has 3 N–H and O–H groups in total. The van der Waals surface area contributed by atoms with Crippen molar-refractivity contribution in [3.63, 3.8) is 0 Å². The first-order valence-corrected chi connectivity index (χ1v) is 14.3. The van der Waals surface area contributed by atoms with Crippen molar-refractivity contribution in [3.05, 3.63) is 11.3 Å². The molecule has 2 aliphatic rings. The molecule has 0 radical (unpaired) electrons. The predicted octanol–water partition coefficient (Wildman–Crippen LogP) is 2.42. The van der Waals surface area contributed by atoms with Gasteiger partial charge in [-0.15, -0.1) is 26.5 Å². The number of tetrazole rings is 1. The molecule has 4 atom stereocenters. The van der Waals surface area contributed by atoms with Gasteiger partial charge in [0.2, 0.25) is 17.2 Å². The number of thioether (sulfide) groups is 2. The lowest BCUT2D eigenvalue weighted by molar-refractivity contribution is -0.158. The van der Waals surface area contributed by atoms with Crippen LogP contribution in [-0.2, 0) is 28.2 Å². The number of rotatable bonds is 9. The highest BCUT2D eigenvalue weighted by Crippen LogP contribution is 2.52. The molecular weight excluding hydrogens is 515 g/mol. The molecule has 0 aromatic carbocycles. The van der Waals surface area contributed by atoms with E-state index in [1.165, 1.54) is 16.7 Å². The minimum absolute atomic E-state index is 0.0407. The Balaban J connectivity index is 2.18. The topological polar surface area (TPSA) is 163 Å². The molecule has 0 spiro atoms. The maximum absolute atomic E-state index is 13.5. The van der Waals surface area contributed by atoms with E-state index in [0.717, 1.165) is 11.8 Å². The van der Waals surface area contributed by atoms with Crippen molar-refractivity contribution in [3.8, 4) is 0 Å². The number of β-lactam (4-membered cyclic amide) rings is 1. The number of fused-ring (bicyclic) bond motifs is 1. The lowest BCUT2D eigenvalue weighted by Gasteiger charge is -2.50. The van der Waals surface area contributed by atoms with E-state index in [0.29, 0.717) is 5.57 Å². The van der Waals surface area contributed by atoms with E-state index in [1.54, 1.807) is 48.5 Å². The van der Waals surface area contributed by atoms with Crippen molar-refractivity contribution >= 4 is 43.4 Å². The highest BCUT2D eigenvalue weighted by Gasteiger charge is 2.58. The fraction of sp³-hybridized carbons (Fsp3) is 0.750. The summed E-state index contributed by atoms with van der Waals surface area (Å²) in [5, 5.41) is 13.8. The Kier molecular flexibility index (Phi) is 8.34. The average Bonchev–Trinajstić information content (AvgIpc) is 3.22. The number of amides is 1. The number of ether oxygens (including phenoxy) is 2. The van der Waals surface area contributed by atoms with Gasteiger partial charge >= 0.3 is 14.0 Å². The molecule has 15 heteroatoms. The summed E-state index contributed by atoms with van der Waals surface area (Å²) >= 11 is 2.45. The number of nitrogens with zero attached hydrogens (tertiary/aromatic N) is 4. The number of H-pyrrole nitrogens is 1. The van der Waals surface area contributed by atoms with Crippen molar-refractivity contribution in [2.45, 2.75) is 81.2 Å². The van der Waals surface area contributed by atoms with Gasteiger partial charge in [-0.2, -0.15) is 5.21 Å². The number of nitrogens with one attached hydrogen (secondary N) is 1. The Morgan fingerprint density at radius 3 is 2.51 bits per heavy atom. The molecule has 2 aliphatic heterocycles. The van der Waals surface area contributed by atoms with Gasteiger partial charge in [-0.05, 0) is 70.0 Å². The van der Waals surface area contributed by atoms with Crippen molar-refractivity contribution < 1.29 is 28.2 Å². The molecule has 1 aromatic rings. The molecule has 194 valence electrons. The van der Waals surface area contributed by atoms with E-state index in [2.05, 4.69) is 20.6 Å². The summed E-state index contributed by atoms with van der Waals surface area (Å²) in [5.41, 5.74) is 4.98. The Hall–Kier alpha value is -1.57. The fourth-order valence-corrected chi connectivity index (χ4v) is 7.84. The zero-order valence-electron chi connectivity index (χ0n) is 20.9. The summed E-state index contributed by atoms with van der Waals surface area (Å²) in [6, 6.07) is -0.730. The van der Waals surface area contributed by atoms with Gasteiger partial charge in [0.15, 0.2) is 4.93 Å². The molecule has 2 unspecified atom stereocenters. The molecule has 12 nitrogen and oxygen atoms in total. The molecule has 35 heavy (non-hydrogen) atoms. The number of aromatic amines is 1. The normalized spacial score (nSPS) is 22.9. The van der Waals surface area contributed by atoms with Crippen molar-refractivity contribution in [2.75, 3.05) is 18.5 Å². The minimum atomic E-state index is -2.27.